The number of nitrogens with zero attached hydrogens (tertiary/aromatic N) is 2. The molecule has 2 heterocycles. The van der Waals surface area contributed by atoms with Gasteiger partial charge in [0.2, 0.25) is 5.91 Å². The van der Waals surface area contributed by atoms with E-state index < -0.39 is 0 Å². The van der Waals surface area contributed by atoms with Gasteiger partial charge < -0.3 is 14.5 Å². The third-order valence-corrected chi connectivity index (χ3v) is 4.96. The Hall–Kier alpha value is -2.37. The molecule has 26 heavy (non-hydrogen) atoms. The van der Waals surface area contributed by atoms with Crippen molar-refractivity contribution in [2.24, 2.45) is 11.8 Å². The summed E-state index contributed by atoms with van der Waals surface area (Å²) in [5.41, 5.74) is 1.66. The van der Waals surface area contributed by atoms with Crippen LogP contribution in [-0.4, -0.2) is 53.8 Å². The average Bonchev–Trinajstić information content (AvgIpc) is 2.95. The van der Waals surface area contributed by atoms with Crippen LogP contribution in [0.15, 0.2) is 24.3 Å². The summed E-state index contributed by atoms with van der Waals surface area (Å²) < 4.78 is 5.30. The van der Waals surface area contributed by atoms with Gasteiger partial charge in [-0.15, -0.1) is 0 Å². The van der Waals surface area contributed by atoms with Gasteiger partial charge in [-0.05, 0) is 30.4 Å². The molecule has 6 nitrogen and oxygen atoms in total. The van der Waals surface area contributed by atoms with Crippen LogP contribution in [0.1, 0.15) is 42.6 Å². The first kappa shape index (κ1) is 18.4. The number of hydrogen-bond acceptors (Lipinski definition) is 4. The quantitative estimate of drug-likeness (QED) is 0.756. The number of piperidine rings is 1. The maximum absolute atomic E-state index is 12.6. The first-order chi connectivity index (χ1) is 12.5. The molecule has 1 aromatic rings. The first-order valence-electron chi connectivity index (χ1n) is 9.27. The van der Waals surface area contributed by atoms with Crippen molar-refractivity contribution in [3.63, 3.8) is 0 Å². The highest BCUT2D eigenvalue weighted by Gasteiger charge is 2.32. The number of fused-ring (bicyclic) bond motifs is 1. The van der Waals surface area contributed by atoms with E-state index in [9.17, 15) is 14.4 Å². The molecule has 1 aromatic carbocycles. The lowest BCUT2D eigenvalue weighted by atomic mass is 9.97. The summed E-state index contributed by atoms with van der Waals surface area (Å²) in [5.74, 6) is -0.101. The Morgan fingerprint density at radius 1 is 1.19 bits per heavy atom. The van der Waals surface area contributed by atoms with Crippen LogP contribution < -0.4 is 0 Å². The van der Waals surface area contributed by atoms with Crippen molar-refractivity contribution in [3.05, 3.63) is 35.4 Å². The molecule has 0 aromatic heterocycles. The number of esters is 1. The van der Waals surface area contributed by atoms with Crippen LogP contribution in [0.3, 0.4) is 0 Å². The predicted octanol–water partition coefficient (Wildman–Crippen LogP) is 2.08. The van der Waals surface area contributed by atoms with Gasteiger partial charge in [0, 0.05) is 25.2 Å². The molecule has 3 rings (SSSR count). The van der Waals surface area contributed by atoms with Gasteiger partial charge in [0.1, 0.15) is 6.54 Å². The third-order valence-electron chi connectivity index (χ3n) is 4.96. The molecule has 0 bridgehead atoms. The number of carbonyl (C=O) groups excluding carboxylic acids is 3. The Bertz CT molecular complexity index is 693. The zero-order valence-corrected chi connectivity index (χ0v) is 15.4. The van der Waals surface area contributed by atoms with Crippen LogP contribution in [0.2, 0.25) is 0 Å². The highest BCUT2D eigenvalue weighted by molar-refractivity contribution is 6.00. The molecule has 1 saturated heterocycles. The van der Waals surface area contributed by atoms with Crippen molar-refractivity contribution in [2.45, 2.75) is 33.2 Å². The minimum absolute atomic E-state index is 0.0554. The van der Waals surface area contributed by atoms with E-state index in [-0.39, 0.29) is 30.2 Å². The minimum Gasteiger partial charge on any atom is -0.465 e. The molecule has 0 radical (unpaired) electrons. The van der Waals surface area contributed by atoms with Crippen LogP contribution in [0.5, 0.6) is 0 Å². The fraction of sp³-hybridized carbons (Fsp3) is 0.550. The van der Waals surface area contributed by atoms with Gasteiger partial charge in [-0.1, -0.05) is 32.0 Å². The fourth-order valence-electron chi connectivity index (χ4n) is 3.44. The molecule has 2 amide bonds. The van der Waals surface area contributed by atoms with Gasteiger partial charge in [0.05, 0.1) is 12.5 Å². The van der Waals surface area contributed by atoms with Crippen LogP contribution in [0.4, 0.5) is 0 Å². The summed E-state index contributed by atoms with van der Waals surface area (Å²) in [6.07, 6.45) is 1.24. The van der Waals surface area contributed by atoms with Gasteiger partial charge in [0.25, 0.3) is 5.91 Å². The second kappa shape index (κ2) is 7.89. The molecule has 2 aliphatic heterocycles. The van der Waals surface area contributed by atoms with E-state index in [1.165, 1.54) is 0 Å². The second-order valence-corrected chi connectivity index (χ2v) is 7.50. The smallest absolute Gasteiger partial charge is 0.309 e. The van der Waals surface area contributed by atoms with Gasteiger partial charge >= 0.3 is 5.97 Å². The standard InChI is InChI=1S/C20H26N2O4/c1-14(2)13-26-20(25)15-7-9-21(10-8-15)18(23)12-22-11-16-5-3-4-6-17(16)19(22)24/h3-6,14-15H,7-13H2,1-2H3. The molecule has 140 valence electrons. The monoisotopic (exact) mass is 358 g/mol. The number of benzene rings is 1. The molecule has 0 unspecified atom stereocenters. The normalized spacial score (nSPS) is 17.6. The maximum Gasteiger partial charge on any atom is 0.309 e. The second-order valence-electron chi connectivity index (χ2n) is 7.50. The van der Waals surface area contributed by atoms with Crippen LogP contribution >= 0.6 is 0 Å². The van der Waals surface area contributed by atoms with Gasteiger partial charge in [0.15, 0.2) is 0 Å². The van der Waals surface area contributed by atoms with Crippen molar-refractivity contribution in [1.29, 1.82) is 0 Å². The number of amides is 2. The number of carbonyl (C=O) groups is 3. The summed E-state index contributed by atoms with van der Waals surface area (Å²) in [6, 6.07) is 7.47. The zero-order chi connectivity index (χ0) is 18.7. The summed E-state index contributed by atoms with van der Waals surface area (Å²) in [6.45, 7) is 6.10. The molecule has 6 heteroatoms. The molecule has 0 spiro atoms. The molecule has 0 saturated carbocycles. The predicted molar refractivity (Wildman–Crippen MR) is 96.3 cm³/mol. The van der Waals surface area contributed by atoms with Crippen molar-refractivity contribution >= 4 is 17.8 Å². The van der Waals surface area contributed by atoms with Crippen LogP contribution in [0, 0.1) is 11.8 Å². The number of ether oxygens (including phenoxy) is 1. The van der Waals surface area contributed by atoms with Gasteiger partial charge in [-0.2, -0.15) is 0 Å². The van der Waals surface area contributed by atoms with E-state index in [0.29, 0.717) is 50.6 Å². The van der Waals surface area contributed by atoms with Crippen LogP contribution in [-0.2, 0) is 20.9 Å². The van der Waals surface area contributed by atoms with Crippen molar-refractivity contribution < 1.29 is 19.1 Å². The SMILES string of the molecule is CC(C)COC(=O)C1CCN(C(=O)CN2Cc3ccccc3C2=O)CC1. The zero-order valence-electron chi connectivity index (χ0n) is 15.4. The Morgan fingerprint density at radius 2 is 1.88 bits per heavy atom. The molecular weight excluding hydrogens is 332 g/mol. The molecule has 1 fully saturated rings. The lowest BCUT2D eigenvalue weighted by Crippen LogP contribution is -2.45. The molecular formula is C20H26N2O4. The topological polar surface area (TPSA) is 66.9 Å². The number of rotatable bonds is 5. The lowest BCUT2D eigenvalue weighted by molar-refractivity contribution is -0.152. The van der Waals surface area contributed by atoms with E-state index in [2.05, 4.69) is 0 Å². The molecule has 2 aliphatic rings. The minimum atomic E-state index is -0.157. The Labute approximate surface area is 154 Å². The molecule has 0 aliphatic carbocycles. The van der Waals surface area contributed by atoms with Gasteiger partial charge in [-0.3, -0.25) is 14.4 Å². The summed E-state index contributed by atoms with van der Waals surface area (Å²) in [7, 11) is 0. The van der Waals surface area contributed by atoms with Crippen molar-refractivity contribution in [3.8, 4) is 0 Å². The number of likely N-dealkylation sites (tertiary alicyclic amines) is 1. The van der Waals surface area contributed by atoms with E-state index >= 15 is 0 Å². The fourth-order valence-corrected chi connectivity index (χ4v) is 3.44. The average molecular weight is 358 g/mol. The van der Waals surface area contributed by atoms with E-state index in [4.69, 9.17) is 4.74 Å². The number of hydrogen-bond donors (Lipinski definition) is 0. The van der Waals surface area contributed by atoms with Crippen molar-refractivity contribution in [1.82, 2.24) is 9.80 Å². The van der Waals surface area contributed by atoms with Gasteiger partial charge in [-0.25, -0.2) is 0 Å². The Balaban J connectivity index is 1.47. The summed E-state index contributed by atoms with van der Waals surface area (Å²) in [5, 5.41) is 0. The Morgan fingerprint density at radius 3 is 2.54 bits per heavy atom. The lowest BCUT2D eigenvalue weighted by Gasteiger charge is -2.32. The van der Waals surface area contributed by atoms with E-state index in [1.54, 1.807) is 15.9 Å². The van der Waals surface area contributed by atoms with E-state index in [1.807, 2.05) is 32.0 Å². The summed E-state index contributed by atoms with van der Waals surface area (Å²) in [4.78, 5) is 40.3. The first-order valence-corrected chi connectivity index (χ1v) is 9.27. The van der Waals surface area contributed by atoms with Crippen molar-refractivity contribution in [2.75, 3.05) is 26.2 Å². The molecule has 0 atom stereocenters. The molecule has 0 N–H and O–H groups in total. The highest BCUT2D eigenvalue weighted by Crippen LogP contribution is 2.23. The van der Waals surface area contributed by atoms with E-state index in [0.717, 1.165) is 5.56 Å². The highest BCUT2D eigenvalue weighted by atomic mass is 16.5. The third kappa shape index (κ3) is 4.06. The summed E-state index contributed by atoms with van der Waals surface area (Å²) >= 11 is 0. The Kier molecular flexibility index (Phi) is 5.59. The maximum atomic E-state index is 12.6. The van der Waals surface area contributed by atoms with Crippen LogP contribution in [0.25, 0.3) is 0 Å². The largest absolute Gasteiger partial charge is 0.465 e.